The largest absolute Gasteiger partial charge is 0.149 e. The van der Waals surface area contributed by atoms with Gasteiger partial charge in [-0.2, -0.15) is 0 Å². The molecule has 0 N–H and O–H groups in total. The third-order valence-electron chi connectivity index (χ3n) is 1.82. The van der Waals surface area contributed by atoms with Gasteiger partial charge in [0.05, 0.1) is 0 Å². The minimum absolute atomic E-state index is 0.935. The fraction of sp³-hybridized carbons (Fsp3) is 0.455. The molecule has 0 radical (unpaired) electrons. The zero-order chi connectivity index (χ0) is 8.65. The predicted octanol–water partition coefficient (Wildman–Crippen LogP) is 3.48. The van der Waals surface area contributed by atoms with Gasteiger partial charge in [0.1, 0.15) is 0 Å². The van der Waals surface area contributed by atoms with Crippen LogP contribution >= 0.6 is 11.3 Å². The Hall–Kier alpha value is -0.740. The third-order valence-corrected chi connectivity index (χ3v) is 2.76. The first-order valence-corrected chi connectivity index (χ1v) is 5.27. The first kappa shape index (κ1) is 9.35. The van der Waals surface area contributed by atoms with E-state index >= 15 is 0 Å². The summed E-state index contributed by atoms with van der Waals surface area (Å²) in [5.41, 5.74) is 0. The molecule has 0 bridgehead atoms. The highest BCUT2D eigenvalue weighted by atomic mass is 32.1. The van der Waals surface area contributed by atoms with E-state index in [2.05, 4.69) is 23.4 Å². The Bertz CT molecular complexity index is 228. The summed E-state index contributed by atoms with van der Waals surface area (Å²) in [4.78, 5) is 1.50. The van der Waals surface area contributed by atoms with E-state index in [0.29, 0.717) is 0 Å². The highest BCUT2D eigenvalue weighted by Crippen LogP contribution is 2.12. The van der Waals surface area contributed by atoms with Gasteiger partial charge in [-0.3, -0.25) is 0 Å². The van der Waals surface area contributed by atoms with Crippen molar-refractivity contribution in [2.24, 2.45) is 0 Å². The fourth-order valence-corrected chi connectivity index (χ4v) is 1.91. The van der Waals surface area contributed by atoms with Crippen LogP contribution < -0.4 is 0 Å². The van der Waals surface area contributed by atoms with E-state index in [9.17, 15) is 0 Å². The molecule has 1 rings (SSSR count). The molecular formula is C11H14S. The van der Waals surface area contributed by atoms with Gasteiger partial charge in [0.15, 0.2) is 0 Å². The Balaban J connectivity index is 2.01. The number of hydrogen-bond acceptors (Lipinski definition) is 1. The number of aryl methyl sites for hydroxylation is 1. The summed E-state index contributed by atoms with van der Waals surface area (Å²) < 4.78 is 0. The van der Waals surface area contributed by atoms with Crippen molar-refractivity contribution in [2.75, 3.05) is 0 Å². The summed E-state index contributed by atoms with van der Waals surface area (Å²) in [6.45, 7) is 0. The van der Waals surface area contributed by atoms with Gasteiger partial charge in [0, 0.05) is 11.3 Å². The van der Waals surface area contributed by atoms with Crippen LogP contribution in [0.1, 0.15) is 30.6 Å². The van der Waals surface area contributed by atoms with Crippen LogP contribution in [0.5, 0.6) is 0 Å². The normalized spacial score (nSPS) is 9.58. The maximum Gasteiger partial charge on any atom is 0.00860 e. The molecule has 64 valence electrons. The van der Waals surface area contributed by atoms with Crippen molar-refractivity contribution in [3.63, 3.8) is 0 Å². The van der Waals surface area contributed by atoms with Gasteiger partial charge in [0.25, 0.3) is 0 Å². The number of terminal acetylenes is 1. The average Bonchev–Trinajstić information content (AvgIpc) is 2.57. The summed E-state index contributed by atoms with van der Waals surface area (Å²) in [5, 5.41) is 2.14. The molecule has 0 aromatic carbocycles. The Morgan fingerprint density at radius 1 is 1.33 bits per heavy atom. The van der Waals surface area contributed by atoms with Crippen LogP contribution in [0.3, 0.4) is 0 Å². The van der Waals surface area contributed by atoms with Crippen molar-refractivity contribution in [1.29, 1.82) is 0 Å². The molecule has 0 aliphatic heterocycles. The van der Waals surface area contributed by atoms with Crippen molar-refractivity contribution in [3.05, 3.63) is 22.4 Å². The molecule has 1 heteroatoms. The molecule has 0 fully saturated rings. The summed E-state index contributed by atoms with van der Waals surface area (Å²) in [6, 6.07) is 4.31. The van der Waals surface area contributed by atoms with Gasteiger partial charge in [-0.25, -0.2) is 0 Å². The molecule has 1 aromatic rings. The molecule has 0 spiro atoms. The van der Waals surface area contributed by atoms with Crippen LogP contribution in [-0.2, 0) is 6.42 Å². The number of rotatable bonds is 5. The Labute approximate surface area is 78.6 Å². The highest BCUT2D eigenvalue weighted by Gasteiger charge is 1.92. The molecule has 0 saturated heterocycles. The fourth-order valence-electron chi connectivity index (χ4n) is 1.16. The van der Waals surface area contributed by atoms with Crippen molar-refractivity contribution >= 4 is 11.3 Å². The van der Waals surface area contributed by atoms with E-state index in [0.717, 1.165) is 6.42 Å². The van der Waals surface area contributed by atoms with Crippen LogP contribution in [0, 0.1) is 12.3 Å². The molecule has 0 atom stereocenters. The van der Waals surface area contributed by atoms with E-state index in [4.69, 9.17) is 6.42 Å². The minimum Gasteiger partial charge on any atom is -0.149 e. The first-order valence-electron chi connectivity index (χ1n) is 4.39. The van der Waals surface area contributed by atoms with Crippen molar-refractivity contribution in [1.82, 2.24) is 0 Å². The van der Waals surface area contributed by atoms with Gasteiger partial charge >= 0.3 is 0 Å². The van der Waals surface area contributed by atoms with Crippen LogP contribution in [0.15, 0.2) is 17.5 Å². The summed E-state index contributed by atoms with van der Waals surface area (Å²) in [6.07, 6.45) is 11.0. The molecule has 0 saturated carbocycles. The number of thiophene rings is 1. The lowest BCUT2D eigenvalue weighted by molar-refractivity contribution is 0.697. The lowest BCUT2D eigenvalue weighted by Crippen LogP contribution is -1.80. The lowest BCUT2D eigenvalue weighted by Gasteiger charge is -1.95. The van der Waals surface area contributed by atoms with Gasteiger partial charge in [0.2, 0.25) is 0 Å². The third kappa shape index (κ3) is 3.59. The molecule has 0 nitrogen and oxygen atoms in total. The molecular weight excluding hydrogens is 164 g/mol. The topological polar surface area (TPSA) is 0 Å². The SMILES string of the molecule is C#CCCCCCc1cccs1. The first-order chi connectivity index (χ1) is 5.93. The van der Waals surface area contributed by atoms with Crippen LogP contribution in [0.25, 0.3) is 0 Å². The van der Waals surface area contributed by atoms with E-state index in [1.54, 1.807) is 0 Å². The van der Waals surface area contributed by atoms with Gasteiger partial charge in [-0.15, -0.1) is 23.7 Å². The van der Waals surface area contributed by atoms with Crippen LogP contribution in [0.2, 0.25) is 0 Å². The molecule has 0 aliphatic carbocycles. The van der Waals surface area contributed by atoms with Crippen molar-refractivity contribution in [2.45, 2.75) is 32.1 Å². The van der Waals surface area contributed by atoms with Crippen molar-refractivity contribution in [3.8, 4) is 12.3 Å². The Morgan fingerprint density at radius 2 is 2.25 bits per heavy atom. The summed E-state index contributed by atoms with van der Waals surface area (Å²) in [5.74, 6) is 2.66. The maximum atomic E-state index is 5.16. The van der Waals surface area contributed by atoms with Gasteiger partial charge in [-0.05, 0) is 30.7 Å². The molecule has 12 heavy (non-hydrogen) atoms. The second kappa shape index (κ2) is 5.85. The molecule has 1 heterocycles. The van der Waals surface area contributed by atoms with E-state index in [1.165, 1.54) is 30.6 Å². The van der Waals surface area contributed by atoms with Crippen LogP contribution in [-0.4, -0.2) is 0 Å². The van der Waals surface area contributed by atoms with E-state index < -0.39 is 0 Å². The number of hydrogen-bond donors (Lipinski definition) is 0. The van der Waals surface area contributed by atoms with Gasteiger partial charge < -0.3 is 0 Å². The Kier molecular flexibility index (Phi) is 4.56. The van der Waals surface area contributed by atoms with E-state index in [1.807, 2.05) is 11.3 Å². The number of unbranched alkanes of at least 4 members (excludes halogenated alkanes) is 3. The minimum atomic E-state index is 0.935. The smallest absolute Gasteiger partial charge is 0.00860 e. The monoisotopic (exact) mass is 178 g/mol. The van der Waals surface area contributed by atoms with Crippen LogP contribution in [0.4, 0.5) is 0 Å². The lowest BCUT2D eigenvalue weighted by atomic mass is 10.1. The van der Waals surface area contributed by atoms with Crippen molar-refractivity contribution < 1.29 is 0 Å². The molecule has 0 unspecified atom stereocenters. The van der Waals surface area contributed by atoms with Gasteiger partial charge in [-0.1, -0.05) is 12.5 Å². The maximum absolute atomic E-state index is 5.16. The molecule has 0 amide bonds. The zero-order valence-corrected chi connectivity index (χ0v) is 8.07. The average molecular weight is 178 g/mol. The zero-order valence-electron chi connectivity index (χ0n) is 7.25. The highest BCUT2D eigenvalue weighted by molar-refractivity contribution is 7.09. The summed E-state index contributed by atoms with van der Waals surface area (Å²) >= 11 is 1.85. The molecule has 1 aromatic heterocycles. The van der Waals surface area contributed by atoms with E-state index in [-0.39, 0.29) is 0 Å². The quantitative estimate of drug-likeness (QED) is 0.478. The second-order valence-electron chi connectivity index (χ2n) is 2.84. The molecule has 0 aliphatic rings. The summed E-state index contributed by atoms with van der Waals surface area (Å²) in [7, 11) is 0. The second-order valence-corrected chi connectivity index (χ2v) is 3.88. The Morgan fingerprint density at radius 3 is 2.92 bits per heavy atom. The predicted molar refractivity (Wildman–Crippen MR) is 55.3 cm³/mol. The standard InChI is InChI=1S/C11H14S/c1-2-3-4-5-6-8-11-9-7-10-12-11/h1,7,9-10H,3-6,8H2.